The molecule has 0 aliphatic heterocycles. The van der Waals surface area contributed by atoms with Gasteiger partial charge in [-0.25, -0.2) is 4.79 Å². The second-order valence-electron chi connectivity index (χ2n) is 8.50. The van der Waals surface area contributed by atoms with Crippen LogP contribution in [0.4, 0.5) is 0 Å². The Morgan fingerprint density at radius 3 is 2.49 bits per heavy atom. The quantitative estimate of drug-likeness (QED) is 0.132. The Bertz CT molecular complexity index is 1240. The Kier molecular flexibility index (Phi) is 10.6. The molecular weight excluding hydrogens is 496 g/mol. The maximum atomic E-state index is 12.3. The topological polar surface area (TPSA) is 118 Å². The Morgan fingerprint density at radius 1 is 1.05 bits per heavy atom. The Labute approximate surface area is 220 Å². The van der Waals surface area contributed by atoms with E-state index < -0.39 is 11.9 Å². The van der Waals surface area contributed by atoms with Gasteiger partial charge in [0.05, 0.1) is 17.1 Å². The third-order valence-electron chi connectivity index (χ3n) is 5.72. The number of H-pyrrole nitrogens is 1. The Morgan fingerprint density at radius 2 is 1.78 bits per heavy atom. The number of esters is 1. The molecule has 3 N–H and O–H groups in total. The van der Waals surface area contributed by atoms with Crippen LogP contribution in [0.1, 0.15) is 48.9 Å². The van der Waals surface area contributed by atoms with Crippen molar-refractivity contribution in [2.75, 3.05) is 19.8 Å². The van der Waals surface area contributed by atoms with Crippen LogP contribution in [0.25, 0.3) is 22.0 Å². The molecule has 1 aromatic heterocycles. The standard InChI is InChI=1S/C28H31ClN2O6/c1-2-14-37-28(35)23-18-31-25-17-24(29)21(16-22(23)25)19-9-11-20(12-10-19)36-15-13-30-26(32)7-5-3-4-6-8-27(33)34/h2,9-12,16-18,31H,1,3-8,13-15H2,(H,30,32)(H,33,34). The summed E-state index contributed by atoms with van der Waals surface area (Å²) in [6.07, 6.45) is 6.74. The molecule has 1 amide bonds. The van der Waals surface area contributed by atoms with Crippen molar-refractivity contribution in [3.63, 3.8) is 0 Å². The van der Waals surface area contributed by atoms with Crippen molar-refractivity contribution in [2.24, 2.45) is 0 Å². The summed E-state index contributed by atoms with van der Waals surface area (Å²) in [5.41, 5.74) is 2.80. The minimum absolute atomic E-state index is 0.0419. The van der Waals surface area contributed by atoms with Crippen molar-refractivity contribution in [3.05, 3.63) is 65.8 Å². The van der Waals surface area contributed by atoms with Crippen LogP contribution < -0.4 is 10.1 Å². The largest absolute Gasteiger partial charge is 0.492 e. The molecule has 9 heteroatoms. The first-order chi connectivity index (χ1) is 17.9. The maximum absolute atomic E-state index is 12.3. The van der Waals surface area contributed by atoms with E-state index in [9.17, 15) is 14.4 Å². The number of halogens is 1. The fourth-order valence-corrected chi connectivity index (χ4v) is 4.11. The van der Waals surface area contributed by atoms with E-state index in [4.69, 9.17) is 26.2 Å². The number of carbonyl (C=O) groups excluding carboxylic acids is 2. The highest BCUT2D eigenvalue weighted by atomic mass is 35.5. The minimum atomic E-state index is -0.785. The van der Waals surface area contributed by atoms with Crippen LogP contribution in [0.5, 0.6) is 5.75 Å². The summed E-state index contributed by atoms with van der Waals surface area (Å²) in [5, 5.41) is 12.7. The Hall–Kier alpha value is -3.78. The predicted octanol–water partition coefficient (Wildman–Crippen LogP) is 5.75. The van der Waals surface area contributed by atoms with E-state index in [1.807, 2.05) is 30.3 Å². The van der Waals surface area contributed by atoms with Gasteiger partial charge in [-0.15, -0.1) is 0 Å². The zero-order chi connectivity index (χ0) is 26.6. The van der Waals surface area contributed by atoms with Crippen LogP contribution in [0.2, 0.25) is 5.02 Å². The summed E-state index contributed by atoms with van der Waals surface area (Å²) in [7, 11) is 0. The monoisotopic (exact) mass is 526 g/mol. The van der Waals surface area contributed by atoms with E-state index in [1.54, 1.807) is 12.3 Å². The van der Waals surface area contributed by atoms with Gasteiger partial charge in [-0.3, -0.25) is 9.59 Å². The number of carboxylic acids is 1. The molecule has 8 nitrogen and oxygen atoms in total. The molecule has 0 atom stereocenters. The van der Waals surface area contributed by atoms with Crippen molar-refractivity contribution in [2.45, 2.75) is 38.5 Å². The molecule has 0 bridgehead atoms. The van der Waals surface area contributed by atoms with Crippen LogP contribution in [0, 0.1) is 0 Å². The molecule has 3 aromatic rings. The van der Waals surface area contributed by atoms with E-state index in [1.165, 1.54) is 6.08 Å². The second-order valence-corrected chi connectivity index (χ2v) is 8.91. The highest BCUT2D eigenvalue weighted by molar-refractivity contribution is 6.34. The number of hydrogen-bond donors (Lipinski definition) is 3. The van der Waals surface area contributed by atoms with Crippen molar-refractivity contribution >= 4 is 40.3 Å². The number of rotatable bonds is 15. The van der Waals surface area contributed by atoms with Crippen LogP contribution in [-0.2, 0) is 14.3 Å². The lowest BCUT2D eigenvalue weighted by Crippen LogP contribution is -2.27. The van der Waals surface area contributed by atoms with Gasteiger partial charge in [0.1, 0.15) is 19.0 Å². The van der Waals surface area contributed by atoms with Gasteiger partial charge in [0.25, 0.3) is 0 Å². The molecule has 0 radical (unpaired) electrons. The van der Waals surface area contributed by atoms with Gasteiger partial charge < -0.3 is 24.9 Å². The third kappa shape index (κ3) is 8.39. The number of unbranched alkanes of at least 4 members (excludes halogenated alkanes) is 3. The van der Waals surface area contributed by atoms with E-state index in [2.05, 4.69) is 16.9 Å². The van der Waals surface area contributed by atoms with E-state index in [0.717, 1.165) is 35.9 Å². The number of nitrogens with one attached hydrogen (secondary N) is 2. The highest BCUT2D eigenvalue weighted by Crippen LogP contribution is 2.34. The Balaban J connectivity index is 1.48. The molecule has 0 aliphatic rings. The van der Waals surface area contributed by atoms with Gasteiger partial charge in [-0.05, 0) is 42.7 Å². The number of carboxylic acid groups (broad SMARTS) is 1. The van der Waals surface area contributed by atoms with Gasteiger partial charge in [-0.1, -0.05) is 49.2 Å². The first-order valence-electron chi connectivity index (χ1n) is 12.2. The number of aromatic amines is 1. The van der Waals surface area contributed by atoms with Crippen molar-refractivity contribution in [1.82, 2.24) is 10.3 Å². The number of amides is 1. The number of aromatic nitrogens is 1. The lowest BCUT2D eigenvalue weighted by atomic mass is 10.0. The first kappa shape index (κ1) is 27.8. The lowest BCUT2D eigenvalue weighted by Gasteiger charge is -2.10. The highest BCUT2D eigenvalue weighted by Gasteiger charge is 2.16. The lowest BCUT2D eigenvalue weighted by molar-refractivity contribution is -0.137. The molecule has 1 heterocycles. The molecule has 2 aromatic carbocycles. The molecule has 0 saturated carbocycles. The maximum Gasteiger partial charge on any atom is 0.340 e. The van der Waals surface area contributed by atoms with E-state index in [-0.39, 0.29) is 18.9 Å². The predicted molar refractivity (Wildman–Crippen MR) is 143 cm³/mol. The summed E-state index contributed by atoms with van der Waals surface area (Å²) in [5.74, 6) is -0.610. The van der Waals surface area contributed by atoms with Gasteiger partial charge >= 0.3 is 11.9 Å². The van der Waals surface area contributed by atoms with Gasteiger partial charge in [0.15, 0.2) is 0 Å². The summed E-state index contributed by atoms with van der Waals surface area (Å²) in [6, 6.07) is 11.0. The molecule has 0 spiro atoms. The zero-order valence-electron chi connectivity index (χ0n) is 20.6. The molecule has 196 valence electrons. The van der Waals surface area contributed by atoms with Crippen LogP contribution in [-0.4, -0.2) is 47.7 Å². The molecule has 3 rings (SSSR count). The van der Waals surface area contributed by atoms with Crippen LogP contribution in [0.15, 0.2) is 55.3 Å². The van der Waals surface area contributed by atoms with Crippen molar-refractivity contribution in [3.8, 4) is 16.9 Å². The van der Waals surface area contributed by atoms with Gasteiger partial charge in [-0.2, -0.15) is 0 Å². The second kappa shape index (κ2) is 14.1. The fourth-order valence-electron chi connectivity index (χ4n) is 3.84. The molecule has 0 fully saturated rings. The normalized spacial score (nSPS) is 10.7. The summed E-state index contributed by atoms with van der Waals surface area (Å²) in [4.78, 5) is 37.8. The van der Waals surface area contributed by atoms with Crippen LogP contribution >= 0.6 is 11.6 Å². The number of carbonyl (C=O) groups is 3. The summed E-state index contributed by atoms with van der Waals surface area (Å²) >= 11 is 6.51. The minimum Gasteiger partial charge on any atom is -0.492 e. The number of fused-ring (bicyclic) bond motifs is 1. The number of benzene rings is 2. The average molecular weight is 527 g/mol. The third-order valence-corrected chi connectivity index (χ3v) is 6.04. The summed E-state index contributed by atoms with van der Waals surface area (Å²) < 4.78 is 10.9. The van der Waals surface area contributed by atoms with Crippen molar-refractivity contribution < 1.29 is 29.0 Å². The molecular formula is C28H31ClN2O6. The van der Waals surface area contributed by atoms with Crippen molar-refractivity contribution in [1.29, 1.82) is 0 Å². The van der Waals surface area contributed by atoms with E-state index in [0.29, 0.717) is 47.7 Å². The molecule has 37 heavy (non-hydrogen) atoms. The first-order valence-corrected chi connectivity index (χ1v) is 12.6. The molecule has 0 unspecified atom stereocenters. The zero-order valence-corrected chi connectivity index (χ0v) is 21.3. The number of aliphatic carboxylic acids is 1. The summed E-state index contributed by atoms with van der Waals surface area (Å²) in [6.45, 7) is 4.41. The fraction of sp³-hybridized carbons (Fsp3) is 0.321. The number of ether oxygens (including phenoxy) is 2. The smallest absolute Gasteiger partial charge is 0.340 e. The van der Waals surface area contributed by atoms with Crippen LogP contribution in [0.3, 0.4) is 0 Å². The average Bonchev–Trinajstić information content (AvgIpc) is 3.29. The number of hydrogen-bond acceptors (Lipinski definition) is 5. The van der Waals surface area contributed by atoms with Gasteiger partial charge in [0.2, 0.25) is 5.91 Å². The SMILES string of the molecule is C=CCOC(=O)c1c[nH]c2cc(Cl)c(-c3ccc(OCCNC(=O)CCCCCCC(=O)O)cc3)cc12. The van der Waals surface area contributed by atoms with Gasteiger partial charge in [0, 0.05) is 35.5 Å². The molecule has 0 saturated heterocycles. The molecule has 0 aliphatic carbocycles. The van der Waals surface area contributed by atoms with E-state index >= 15 is 0 Å².